The van der Waals surface area contributed by atoms with Gasteiger partial charge in [0, 0.05) is 11.0 Å². The van der Waals surface area contributed by atoms with E-state index in [2.05, 4.69) is 44.3 Å². The van der Waals surface area contributed by atoms with Gasteiger partial charge in [0.2, 0.25) is 5.91 Å². The number of rotatable bonds is 3. The molecule has 134 valence electrons. The first kappa shape index (κ1) is 18.4. The molecule has 2 aromatic rings. The van der Waals surface area contributed by atoms with E-state index in [-0.39, 0.29) is 11.3 Å². The zero-order valence-corrected chi connectivity index (χ0v) is 16.4. The number of carbonyl (C=O) groups is 1. The highest BCUT2D eigenvalue weighted by Crippen LogP contribution is 2.37. The second kappa shape index (κ2) is 7.47. The molecule has 4 heteroatoms. The minimum Gasteiger partial charge on any atom is -0.313 e. The molecular weight excluding hydrogens is 340 g/mol. The van der Waals surface area contributed by atoms with Gasteiger partial charge in [-0.25, -0.2) is 0 Å². The molecule has 1 N–H and O–H groups in total. The molecule has 1 heterocycles. The monoisotopic (exact) mass is 364 g/mol. The van der Waals surface area contributed by atoms with Crippen LogP contribution in [0.1, 0.15) is 60.7 Å². The molecule has 26 heavy (non-hydrogen) atoms. The average molecular weight is 365 g/mol. The summed E-state index contributed by atoms with van der Waals surface area (Å²) in [5, 5.41) is 13.0. The minimum atomic E-state index is -0.194. The van der Waals surface area contributed by atoms with Gasteiger partial charge in [-0.3, -0.25) is 4.79 Å². The highest BCUT2D eigenvalue weighted by Gasteiger charge is 2.21. The smallest absolute Gasteiger partial charge is 0.249 e. The molecule has 0 aliphatic heterocycles. The zero-order chi connectivity index (χ0) is 18.7. The van der Waals surface area contributed by atoms with Crippen LogP contribution in [0.25, 0.3) is 6.08 Å². The maximum absolute atomic E-state index is 12.3. The topological polar surface area (TPSA) is 52.9 Å². The van der Waals surface area contributed by atoms with Crippen LogP contribution in [0, 0.1) is 11.3 Å². The number of nitrogens with one attached hydrogen (secondary N) is 1. The van der Waals surface area contributed by atoms with E-state index in [4.69, 9.17) is 0 Å². The second-order valence-electron chi connectivity index (χ2n) is 7.72. The van der Waals surface area contributed by atoms with Crippen LogP contribution in [0.3, 0.4) is 0 Å². The first-order valence-electron chi connectivity index (χ1n) is 9.03. The minimum absolute atomic E-state index is 0.117. The van der Waals surface area contributed by atoms with E-state index in [0.29, 0.717) is 10.6 Å². The predicted octanol–water partition coefficient (Wildman–Crippen LogP) is 5.45. The third-order valence-corrected chi connectivity index (χ3v) is 5.93. The summed E-state index contributed by atoms with van der Waals surface area (Å²) < 4.78 is 0. The van der Waals surface area contributed by atoms with Gasteiger partial charge in [0.15, 0.2) is 0 Å². The molecule has 0 fully saturated rings. The maximum Gasteiger partial charge on any atom is 0.249 e. The Morgan fingerprint density at radius 2 is 1.88 bits per heavy atom. The summed E-state index contributed by atoms with van der Waals surface area (Å²) in [5.41, 5.74) is 4.16. The van der Waals surface area contributed by atoms with Crippen molar-refractivity contribution in [1.82, 2.24) is 0 Å². The number of benzene rings is 1. The van der Waals surface area contributed by atoms with E-state index in [1.807, 2.05) is 12.1 Å². The van der Waals surface area contributed by atoms with Gasteiger partial charge in [-0.1, -0.05) is 45.0 Å². The van der Waals surface area contributed by atoms with Crippen molar-refractivity contribution in [2.24, 2.45) is 0 Å². The Morgan fingerprint density at radius 3 is 2.54 bits per heavy atom. The second-order valence-corrected chi connectivity index (χ2v) is 8.83. The molecule has 3 rings (SSSR count). The Balaban J connectivity index is 1.70. The summed E-state index contributed by atoms with van der Waals surface area (Å²) >= 11 is 1.55. The number of nitriles is 1. The van der Waals surface area contributed by atoms with E-state index in [1.165, 1.54) is 16.5 Å². The fourth-order valence-corrected chi connectivity index (χ4v) is 4.43. The van der Waals surface area contributed by atoms with E-state index >= 15 is 0 Å². The molecule has 0 radical (unpaired) electrons. The van der Waals surface area contributed by atoms with Crippen molar-refractivity contribution in [2.75, 3.05) is 5.32 Å². The third-order valence-electron chi connectivity index (χ3n) is 4.72. The molecule has 0 unspecified atom stereocenters. The highest BCUT2D eigenvalue weighted by atomic mass is 32.1. The van der Waals surface area contributed by atoms with Gasteiger partial charge >= 0.3 is 0 Å². The fraction of sp³-hybridized carbons (Fsp3) is 0.364. The fourth-order valence-electron chi connectivity index (χ4n) is 3.19. The van der Waals surface area contributed by atoms with Crippen molar-refractivity contribution < 1.29 is 4.79 Å². The van der Waals surface area contributed by atoms with Crippen molar-refractivity contribution in [3.8, 4) is 6.07 Å². The normalized spacial score (nSPS) is 14.1. The SMILES string of the molecule is CC(C)(C)c1ccc(C=CC(=O)Nc2sc3c(c2C#N)CCCC3)cc1. The molecular formula is C22H24N2OS. The number of hydrogen-bond donors (Lipinski definition) is 1. The molecule has 1 aliphatic carbocycles. The number of carbonyl (C=O) groups excluding carboxylic acids is 1. The Labute approximate surface area is 159 Å². The first-order chi connectivity index (χ1) is 12.4. The van der Waals surface area contributed by atoms with E-state index in [1.54, 1.807) is 17.4 Å². The lowest BCUT2D eigenvalue weighted by atomic mass is 9.87. The van der Waals surface area contributed by atoms with Crippen molar-refractivity contribution >= 4 is 28.3 Å². The highest BCUT2D eigenvalue weighted by molar-refractivity contribution is 7.16. The summed E-state index contributed by atoms with van der Waals surface area (Å²) in [7, 11) is 0. The van der Waals surface area contributed by atoms with Crippen LogP contribution in [0.4, 0.5) is 5.00 Å². The maximum atomic E-state index is 12.3. The Hall–Kier alpha value is -2.38. The Bertz CT molecular complexity index is 877. The van der Waals surface area contributed by atoms with Crippen LogP contribution in [-0.2, 0) is 23.1 Å². The summed E-state index contributed by atoms with van der Waals surface area (Å²) in [6, 6.07) is 10.5. The number of nitrogens with zero attached hydrogens (tertiary/aromatic N) is 1. The van der Waals surface area contributed by atoms with Gasteiger partial charge in [0.05, 0.1) is 5.56 Å². The van der Waals surface area contributed by atoms with Gasteiger partial charge in [0.1, 0.15) is 11.1 Å². The molecule has 0 saturated carbocycles. The van der Waals surface area contributed by atoms with Crippen molar-refractivity contribution in [3.63, 3.8) is 0 Å². The molecule has 3 nitrogen and oxygen atoms in total. The van der Waals surface area contributed by atoms with Crippen LogP contribution in [0.5, 0.6) is 0 Å². The van der Waals surface area contributed by atoms with E-state index in [9.17, 15) is 10.1 Å². The van der Waals surface area contributed by atoms with Gasteiger partial charge in [-0.05, 0) is 53.9 Å². The molecule has 0 saturated heterocycles. The average Bonchev–Trinajstić information content (AvgIpc) is 2.96. The summed E-state index contributed by atoms with van der Waals surface area (Å²) in [4.78, 5) is 13.5. The Kier molecular flexibility index (Phi) is 5.29. The van der Waals surface area contributed by atoms with Crippen LogP contribution in [0.2, 0.25) is 0 Å². The Morgan fingerprint density at radius 1 is 1.19 bits per heavy atom. The number of anilines is 1. The lowest BCUT2D eigenvalue weighted by molar-refractivity contribution is -0.111. The van der Waals surface area contributed by atoms with Crippen LogP contribution >= 0.6 is 11.3 Å². The number of amides is 1. The number of aryl methyl sites for hydroxylation is 1. The van der Waals surface area contributed by atoms with Crippen LogP contribution in [-0.4, -0.2) is 5.91 Å². The number of fused-ring (bicyclic) bond motifs is 1. The molecule has 0 bridgehead atoms. The van der Waals surface area contributed by atoms with Crippen molar-refractivity contribution in [1.29, 1.82) is 5.26 Å². The van der Waals surface area contributed by atoms with Gasteiger partial charge < -0.3 is 5.32 Å². The standard InChI is InChI=1S/C22H24N2OS/c1-22(2,3)16-11-8-15(9-12-16)10-13-20(25)24-21-18(14-23)17-6-4-5-7-19(17)26-21/h8-13H,4-7H2,1-3H3,(H,24,25). The lowest BCUT2D eigenvalue weighted by Gasteiger charge is -2.18. The van der Waals surface area contributed by atoms with Crippen LogP contribution < -0.4 is 5.32 Å². The van der Waals surface area contributed by atoms with Gasteiger partial charge in [0.25, 0.3) is 0 Å². The molecule has 0 atom stereocenters. The molecule has 1 aromatic heterocycles. The molecule has 1 aromatic carbocycles. The van der Waals surface area contributed by atoms with E-state index < -0.39 is 0 Å². The van der Waals surface area contributed by atoms with Crippen LogP contribution in [0.15, 0.2) is 30.3 Å². The van der Waals surface area contributed by atoms with Crippen molar-refractivity contribution in [3.05, 3.63) is 57.5 Å². The predicted molar refractivity (Wildman–Crippen MR) is 108 cm³/mol. The third kappa shape index (κ3) is 4.05. The number of thiophene rings is 1. The largest absolute Gasteiger partial charge is 0.313 e. The molecule has 0 spiro atoms. The van der Waals surface area contributed by atoms with Gasteiger partial charge in [-0.15, -0.1) is 11.3 Å². The zero-order valence-electron chi connectivity index (χ0n) is 15.6. The van der Waals surface area contributed by atoms with E-state index in [0.717, 1.165) is 36.8 Å². The quantitative estimate of drug-likeness (QED) is 0.737. The number of hydrogen-bond acceptors (Lipinski definition) is 3. The first-order valence-corrected chi connectivity index (χ1v) is 9.84. The lowest BCUT2D eigenvalue weighted by Crippen LogP contribution is -2.10. The summed E-state index contributed by atoms with van der Waals surface area (Å²) in [6.45, 7) is 6.54. The van der Waals surface area contributed by atoms with Gasteiger partial charge in [-0.2, -0.15) is 5.26 Å². The summed E-state index contributed by atoms with van der Waals surface area (Å²) in [6.07, 6.45) is 7.58. The molecule has 1 amide bonds. The summed E-state index contributed by atoms with van der Waals surface area (Å²) in [5.74, 6) is -0.194. The van der Waals surface area contributed by atoms with Crippen molar-refractivity contribution in [2.45, 2.75) is 51.9 Å². The molecule has 1 aliphatic rings.